The van der Waals surface area contributed by atoms with Crippen LogP contribution in [-0.4, -0.2) is 39.4 Å². The van der Waals surface area contributed by atoms with Gasteiger partial charge in [-0.3, -0.25) is 4.79 Å². The van der Waals surface area contributed by atoms with Gasteiger partial charge in [-0.05, 0) is 30.2 Å². The number of benzene rings is 2. The summed E-state index contributed by atoms with van der Waals surface area (Å²) in [7, 11) is -3.36. The Morgan fingerprint density at radius 1 is 1.11 bits per heavy atom. The van der Waals surface area contributed by atoms with Crippen molar-refractivity contribution >= 4 is 36.7 Å². The zero-order valence-electron chi connectivity index (χ0n) is 14.8. The van der Waals surface area contributed by atoms with Gasteiger partial charge in [0.1, 0.15) is 6.16 Å². The van der Waals surface area contributed by atoms with Crippen molar-refractivity contribution in [3.63, 3.8) is 0 Å². The second kappa shape index (κ2) is 9.94. The number of halogens is 2. The van der Waals surface area contributed by atoms with E-state index in [9.17, 15) is 19.7 Å². The summed E-state index contributed by atoms with van der Waals surface area (Å²) in [6.45, 7) is 1.65. The van der Waals surface area contributed by atoms with Crippen LogP contribution in [0.15, 0.2) is 48.5 Å². The molecule has 27 heavy (non-hydrogen) atoms. The molecular weight excluding hydrogens is 408 g/mol. The van der Waals surface area contributed by atoms with Crippen LogP contribution in [-0.2, 0) is 11.0 Å². The number of hydrogen-bond donors (Lipinski definition) is 4. The van der Waals surface area contributed by atoms with E-state index < -0.39 is 19.9 Å². The standard InChI is InChI=1S/C19H23Cl2NO4P/c1-13(19(24)15-7-8-17(20)18(21)9-15)22-10-16(23)12-27(25,26)11-14-5-3-2-4-6-14/h2-9,13,19,22,24-26H,10-12H2,1H3/q+1. The molecule has 2 unspecified atom stereocenters. The second-order valence-corrected chi connectivity index (χ2v) is 9.71. The summed E-state index contributed by atoms with van der Waals surface area (Å²) < 4.78 is 0. The van der Waals surface area contributed by atoms with Crippen molar-refractivity contribution in [3.8, 4) is 0 Å². The van der Waals surface area contributed by atoms with Gasteiger partial charge in [0.15, 0.2) is 11.9 Å². The highest BCUT2D eigenvalue weighted by atomic mass is 35.5. The molecule has 0 saturated heterocycles. The van der Waals surface area contributed by atoms with Crippen LogP contribution in [0.25, 0.3) is 0 Å². The number of aliphatic hydroxyl groups is 1. The van der Waals surface area contributed by atoms with Gasteiger partial charge >= 0.3 is 0 Å². The van der Waals surface area contributed by atoms with Crippen molar-refractivity contribution in [2.75, 3.05) is 12.7 Å². The normalized spacial score (nSPS) is 14.0. The van der Waals surface area contributed by atoms with Crippen LogP contribution in [0.4, 0.5) is 0 Å². The van der Waals surface area contributed by atoms with E-state index in [-0.39, 0.29) is 24.7 Å². The quantitative estimate of drug-likeness (QED) is 0.456. The Morgan fingerprint density at radius 2 is 1.78 bits per heavy atom. The predicted molar refractivity (Wildman–Crippen MR) is 110 cm³/mol. The Bertz CT molecular complexity index is 774. The molecule has 2 aromatic rings. The minimum Gasteiger partial charge on any atom is -0.387 e. The van der Waals surface area contributed by atoms with Crippen LogP contribution in [0, 0.1) is 0 Å². The van der Waals surface area contributed by atoms with Crippen LogP contribution < -0.4 is 5.32 Å². The number of ketones is 1. The maximum absolute atomic E-state index is 12.1. The summed E-state index contributed by atoms with van der Waals surface area (Å²) in [5.74, 6) is -0.322. The molecule has 8 heteroatoms. The van der Waals surface area contributed by atoms with Crippen LogP contribution in [0.2, 0.25) is 10.0 Å². The Kier molecular flexibility index (Phi) is 8.20. The first-order chi connectivity index (χ1) is 12.7. The smallest absolute Gasteiger partial charge is 0.279 e. The number of rotatable bonds is 9. The van der Waals surface area contributed by atoms with Crippen LogP contribution in [0.1, 0.15) is 24.2 Å². The number of hydrogen-bond acceptors (Lipinski definition) is 5. The molecule has 0 aliphatic rings. The first kappa shape index (κ1) is 22.3. The fourth-order valence-electron chi connectivity index (χ4n) is 2.64. The third-order valence-electron chi connectivity index (χ3n) is 4.09. The van der Waals surface area contributed by atoms with Crippen molar-refractivity contribution < 1.29 is 19.7 Å². The first-order valence-corrected chi connectivity index (χ1v) is 11.2. The highest BCUT2D eigenvalue weighted by Crippen LogP contribution is 2.52. The van der Waals surface area contributed by atoms with E-state index in [1.54, 1.807) is 37.3 Å². The minimum absolute atomic E-state index is 0.0705. The van der Waals surface area contributed by atoms with Gasteiger partial charge in [0.25, 0.3) is 7.72 Å². The van der Waals surface area contributed by atoms with Gasteiger partial charge in [0.2, 0.25) is 0 Å². The molecule has 0 aliphatic carbocycles. The number of carbonyl (C=O) groups is 1. The molecular formula is C19H23Cl2NO4P+. The van der Waals surface area contributed by atoms with E-state index in [4.69, 9.17) is 23.2 Å². The molecule has 0 aliphatic heterocycles. The Morgan fingerprint density at radius 3 is 2.41 bits per heavy atom. The van der Waals surface area contributed by atoms with Crippen LogP contribution in [0.3, 0.4) is 0 Å². The van der Waals surface area contributed by atoms with E-state index in [0.29, 0.717) is 15.6 Å². The molecule has 2 aromatic carbocycles. The zero-order chi connectivity index (χ0) is 20.0. The van der Waals surface area contributed by atoms with E-state index in [2.05, 4.69) is 5.32 Å². The fraction of sp³-hybridized carbons (Fsp3) is 0.316. The molecule has 0 amide bonds. The van der Waals surface area contributed by atoms with Crippen LogP contribution >= 0.6 is 30.9 Å². The van der Waals surface area contributed by atoms with Gasteiger partial charge in [0.05, 0.1) is 22.7 Å². The molecule has 0 fully saturated rings. The number of nitrogens with one attached hydrogen (secondary N) is 1. The van der Waals surface area contributed by atoms with Crippen molar-refractivity contribution in [2.45, 2.75) is 25.2 Å². The maximum atomic E-state index is 12.1. The lowest BCUT2D eigenvalue weighted by Gasteiger charge is -2.21. The molecule has 0 bridgehead atoms. The monoisotopic (exact) mass is 430 g/mol. The van der Waals surface area contributed by atoms with Crippen molar-refractivity contribution in [1.29, 1.82) is 0 Å². The third-order valence-corrected chi connectivity index (χ3v) is 6.56. The Balaban J connectivity index is 1.85. The SMILES string of the molecule is CC(NCC(=O)C[P+](O)(O)Cc1ccccc1)C(O)c1ccc(Cl)c(Cl)c1. The summed E-state index contributed by atoms with van der Waals surface area (Å²) in [4.78, 5) is 32.5. The summed E-state index contributed by atoms with van der Waals surface area (Å²) >= 11 is 11.8. The Labute approximate surface area is 169 Å². The summed E-state index contributed by atoms with van der Waals surface area (Å²) in [5.41, 5.74) is 1.35. The molecule has 2 atom stereocenters. The van der Waals surface area contributed by atoms with Crippen molar-refractivity contribution in [1.82, 2.24) is 5.32 Å². The predicted octanol–water partition coefficient (Wildman–Crippen LogP) is 3.61. The van der Waals surface area contributed by atoms with E-state index in [0.717, 1.165) is 5.56 Å². The highest BCUT2D eigenvalue weighted by Gasteiger charge is 2.36. The van der Waals surface area contributed by atoms with E-state index in [1.807, 2.05) is 18.2 Å². The molecule has 0 spiro atoms. The van der Waals surface area contributed by atoms with Crippen molar-refractivity contribution in [3.05, 3.63) is 69.7 Å². The van der Waals surface area contributed by atoms with Gasteiger partial charge in [0, 0.05) is 6.04 Å². The second-order valence-electron chi connectivity index (χ2n) is 6.51. The third kappa shape index (κ3) is 7.13. The van der Waals surface area contributed by atoms with Gasteiger partial charge in [-0.15, -0.1) is 0 Å². The van der Waals surface area contributed by atoms with Gasteiger partial charge in [-0.2, -0.15) is 0 Å². The van der Waals surface area contributed by atoms with E-state index >= 15 is 0 Å². The van der Waals surface area contributed by atoms with Gasteiger partial charge in [-0.1, -0.05) is 59.6 Å². The van der Waals surface area contributed by atoms with E-state index in [1.165, 1.54) is 0 Å². The molecule has 4 N–H and O–H groups in total. The topological polar surface area (TPSA) is 89.8 Å². The lowest BCUT2D eigenvalue weighted by Crippen LogP contribution is -2.37. The fourth-order valence-corrected chi connectivity index (χ4v) is 4.53. The summed E-state index contributed by atoms with van der Waals surface area (Å²) in [5, 5.41) is 14.0. The largest absolute Gasteiger partial charge is 0.387 e. The number of carbonyl (C=O) groups excluding carboxylic acids is 1. The zero-order valence-corrected chi connectivity index (χ0v) is 17.3. The van der Waals surface area contributed by atoms with Crippen LogP contribution in [0.5, 0.6) is 0 Å². The molecule has 146 valence electrons. The summed E-state index contributed by atoms with van der Waals surface area (Å²) in [6.07, 6.45) is -1.12. The first-order valence-electron chi connectivity index (χ1n) is 8.42. The highest BCUT2D eigenvalue weighted by molar-refractivity contribution is 7.64. The number of Topliss-reactive ketones (excluding diaryl/α,β-unsaturated/α-hetero) is 1. The lowest BCUT2D eigenvalue weighted by molar-refractivity contribution is -0.116. The van der Waals surface area contributed by atoms with Gasteiger partial charge in [-0.25, -0.2) is 9.79 Å². The molecule has 5 nitrogen and oxygen atoms in total. The van der Waals surface area contributed by atoms with Crippen molar-refractivity contribution in [2.24, 2.45) is 0 Å². The van der Waals surface area contributed by atoms with Gasteiger partial charge < -0.3 is 10.4 Å². The molecule has 2 rings (SSSR count). The number of aliphatic hydroxyl groups excluding tert-OH is 1. The molecule has 0 saturated carbocycles. The molecule has 0 heterocycles. The average Bonchev–Trinajstić information content (AvgIpc) is 2.61. The summed E-state index contributed by atoms with van der Waals surface area (Å²) in [6, 6.07) is 13.4. The Hall–Kier alpha value is -1.04. The molecule has 0 radical (unpaired) electrons. The average molecular weight is 431 g/mol. The molecule has 0 aromatic heterocycles. The lowest BCUT2D eigenvalue weighted by atomic mass is 10.0. The minimum atomic E-state index is -3.36. The maximum Gasteiger partial charge on any atom is 0.279 e.